The van der Waals surface area contributed by atoms with Crippen molar-refractivity contribution in [3.63, 3.8) is 0 Å². The summed E-state index contributed by atoms with van der Waals surface area (Å²) >= 11 is 0. The molecule has 0 heterocycles. The summed E-state index contributed by atoms with van der Waals surface area (Å²) in [5.41, 5.74) is 0.891. The highest BCUT2D eigenvalue weighted by atomic mass is 16.6. The van der Waals surface area contributed by atoms with Crippen LogP contribution in [0.25, 0.3) is 0 Å². The summed E-state index contributed by atoms with van der Waals surface area (Å²) in [6.07, 6.45) is 1.37. The number of rotatable bonds is 5. The van der Waals surface area contributed by atoms with E-state index >= 15 is 0 Å². The Morgan fingerprint density at radius 2 is 1.62 bits per heavy atom. The molecule has 6 nitrogen and oxygen atoms in total. The first-order valence-electron chi connectivity index (χ1n) is 5.93. The monoisotopic (exact) mass is 285 g/mol. The second-order valence-electron chi connectivity index (χ2n) is 4.09. The molecule has 0 fully saturated rings. The van der Waals surface area contributed by atoms with Crippen LogP contribution in [0.5, 0.6) is 5.75 Å². The van der Waals surface area contributed by atoms with Crippen LogP contribution in [0.4, 0.5) is 0 Å². The Bertz CT molecular complexity index is 691. The summed E-state index contributed by atoms with van der Waals surface area (Å²) in [4.78, 5) is 26.6. The van der Waals surface area contributed by atoms with E-state index in [-0.39, 0.29) is 11.1 Å². The van der Waals surface area contributed by atoms with Crippen LogP contribution < -0.4 is 4.84 Å². The first-order valence-corrected chi connectivity index (χ1v) is 5.93. The SMILES string of the molecule is O=C(O)c1ccc(O/N=C/c2cccc(C(=O)O)c2)cc1. The second-order valence-corrected chi connectivity index (χ2v) is 4.09. The summed E-state index contributed by atoms with van der Waals surface area (Å²) in [5.74, 6) is -1.66. The normalized spacial score (nSPS) is 10.5. The van der Waals surface area contributed by atoms with Gasteiger partial charge in [0, 0.05) is 0 Å². The minimum absolute atomic E-state index is 0.153. The van der Waals surface area contributed by atoms with Gasteiger partial charge < -0.3 is 15.1 Å². The fraction of sp³-hybridized carbons (Fsp3) is 0. The molecule has 106 valence electrons. The third-order valence-electron chi connectivity index (χ3n) is 2.59. The lowest BCUT2D eigenvalue weighted by Crippen LogP contribution is -1.97. The molecule has 6 heteroatoms. The Morgan fingerprint density at radius 3 is 2.24 bits per heavy atom. The summed E-state index contributed by atoms with van der Waals surface area (Å²) < 4.78 is 0. The minimum atomic E-state index is -1.02. The number of nitrogens with zero attached hydrogens (tertiary/aromatic N) is 1. The van der Waals surface area contributed by atoms with E-state index in [1.165, 1.54) is 42.6 Å². The number of aromatic carboxylic acids is 2. The van der Waals surface area contributed by atoms with Gasteiger partial charge in [-0.1, -0.05) is 17.3 Å². The van der Waals surface area contributed by atoms with Crippen molar-refractivity contribution in [3.8, 4) is 5.75 Å². The molecule has 2 N–H and O–H groups in total. The summed E-state index contributed by atoms with van der Waals surface area (Å²) in [7, 11) is 0. The van der Waals surface area contributed by atoms with Gasteiger partial charge in [-0.2, -0.15) is 0 Å². The van der Waals surface area contributed by atoms with E-state index in [9.17, 15) is 9.59 Å². The number of benzene rings is 2. The summed E-state index contributed by atoms with van der Waals surface area (Å²) in [6, 6.07) is 12.0. The first kappa shape index (κ1) is 14.3. The van der Waals surface area contributed by atoms with Crippen LogP contribution in [0, 0.1) is 0 Å². The molecule has 0 amide bonds. The average molecular weight is 285 g/mol. The van der Waals surface area contributed by atoms with Crippen LogP contribution in [-0.4, -0.2) is 28.4 Å². The summed E-state index contributed by atoms with van der Waals surface area (Å²) in [6.45, 7) is 0. The molecule has 2 rings (SSSR count). The van der Waals surface area contributed by atoms with Gasteiger partial charge in [0.1, 0.15) is 0 Å². The molecule has 0 aliphatic rings. The van der Waals surface area contributed by atoms with Crippen molar-refractivity contribution in [2.45, 2.75) is 0 Å². The van der Waals surface area contributed by atoms with E-state index in [4.69, 9.17) is 15.1 Å². The molecule has 0 saturated carbocycles. The number of carboxylic acid groups (broad SMARTS) is 2. The van der Waals surface area contributed by atoms with E-state index in [0.717, 1.165) is 0 Å². The van der Waals surface area contributed by atoms with Crippen LogP contribution in [-0.2, 0) is 0 Å². The van der Waals surface area contributed by atoms with E-state index < -0.39 is 11.9 Å². The van der Waals surface area contributed by atoms with Gasteiger partial charge in [-0.05, 0) is 42.0 Å². The molecule has 2 aromatic rings. The number of carboxylic acids is 2. The molecule has 0 unspecified atom stereocenters. The van der Waals surface area contributed by atoms with Crippen molar-refractivity contribution in [3.05, 3.63) is 65.2 Å². The lowest BCUT2D eigenvalue weighted by molar-refractivity contribution is 0.0686. The van der Waals surface area contributed by atoms with Gasteiger partial charge in [-0.25, -0.2) is 9.59 Å². The smallest absolute Gasteiger partial charge is 0.335 e. The molecule has 0 atom stereocenters. The topological polar surface area (TPSA) is 96.2 Å². The lowest BCUT2D eigenvalue weighted by Gasteiger charge is -1.99. The van der Waals surface area contributed by atoms with Gasteiger partial charge >= 0.3 is 11.9 Å². The maximum Gasteiger partial charge on any atom is 0.335 e. The van der Waals surface area contributed by atoms with Crippen molar-refractivity contribution in [1.82, 2.24) is 0 Å². The largest absolute Gasteiger partial charge is 0.478 e. The van der Waals surface area contributed by atoms with Gasteiger partial charge in [0.05, 0.1) is 17.3 Å². The van der Waals surface area contributed by atoms with Crippen LogP contribution in [0.15, 0.2) is 53.7 Å². The molecular weight excluding hydrogens is 274 g/mol. The fourth-order valence-corrected chi connectivity index (χ4v) is 1.56. The molecule has 2 aromatic carbocycles. The molecule has 21 heavy (non-hydrogen) atoms. The van der Waals surface area contributed by atoms with Gasteiger partial charge in [-0.15, -0.1) is 0 Å². The van der Waals surface area contributed by atoms with Crippen molar-refractivity contribution in [1.29, 1.82) is 0 Å². The molecule has 0 aliphatic carbocycles. The Kier molecular flexibility index (Phi) is 4.30. The molecular formula is C15H11NO5. The Balaban J connectivity index is 2.03. The predicted molar refractivity (Wildman–Crippen MR) is 75.0 cm³/mol. The maximum absolute atomic E-state index is 10.8. The Morgan fingerprint density at radius 1 is 0.952 bits per heavy atom. The third kappa shape index (κ3) is 3.90. The minimum Gasteiger partial charge on any atom is -0.478 e. The van der Waals surface area contributed by atoms with Crippen LogP contribution in [0.3, 0.4) is 0 Å². The quantitative estimate of drug-likeness (QED) is 0.650. The second kappa shape index (κ2) is 6.33. The van der Waals surface area contributed by atoms with E-state index in [1.54, 1.807) is 12.1 Å². The number of carbonyl (C=O) groups is 2. The van der Waals surface area contributed by atoms with Gasteiger partial charge in [0.2, 0.25) is 0 Å². The molecule has 0 saturated heterocycles. The highest BCUT2D eigenvalue weighted by Crippen LogP contribution is 2.12. The maximum atomic E-state index is 10.8. The average Bonchev–Trinajstić information content (AvgIpc) is 2.48. The zero-order chi connectivity index (χ0) is 15.2. The van der Waals surface area contributed by atoms with Gasteiger partial charge in [0.15, 0.2) is 5.75 Å². The molecule has 0 aromatic heterocycles. The van der Waals surface area contributed by atoms with Crippen LogP contribution >= 0.6 is 0 Å². The Hall–Kier alpha value is -3.15. The van der Waals surface area contributed by atoms with Gasteiger partial charge in [0.25, 0.3) is 0 Å². The zero-order valence-corrected chi connectivity index (χ0v) is 10.8. The number of oxime groups is 1. The molecule has 0 radical (unpaired) electrons. The highest BCUT2D eigenvalue weighted by molar-refractivity contribution is 5.90. The van der Waals surface area contributed by atoms with E-state index in [2.05, 4.69) is 5.16 Å². The Labute approximate surface area is 119 Å². The van der Waals surface area contributed by atoms with Crippen LogP contribution in [0.1, 0.15) is 26.3 Å². The predicted octanol–water partition coefficient (Wildman–Crippen LogP) is 2.50. The first-order chi connectivity index (χ1) is 10.1. The fourth-order valence-electron chi connectivity index (χ4n) is 1.56. The summed E-state index contributed by atoms with van der Waals surface area (Å²) in [5, 5.41) is 21.3. The number of hydrogen-bond donors (Lipinski definition) is 2. The molecule has 0 spiro atoms. The zero-order valence-electron chi connectivity index (χ0n) is 10.8. The lowest BCUT2D eigenvalue weighted by atomic mass is 10.1. The van der Waals surface area contributed by atoms with Crippen molar-refractivity contribution >= 4 is 18.2 Å². The standard InChI is InChI=1S/C15H11NO5/c17-14(18)11-4-6-13(7-5-11)21-16-9-10-2-1-3-12(8-10)15(19)20/h1-9H,(H,17,18)(H,19,20)/b16-9+. The van der Waals surface area contributed by atoms with E-state index in [1.807, 2.05) is 0 Å². The van der Waals surface area contributed by atoms with Crippen molar-refractivity contribution in [2.75, 3.05) is 0 Å². The van der Waals surface area contributed by atoms with Crippen molar-refractivity contribution < 1.29 is 24.6 Å². The molecule has 0 bridgehead atoms. The van der Waals surface area contributed by atoms with E-state index in [0.29, 0.717) is 11.3 Å². The highest BCUT2D eigenvalue weighted by Gasteiger charge is 2.03. The van der Waals surface area contributed by atoms with Gasteiger partial charge in [-0.3, -0.25) is 0 Å². The van der Waals surface area contributed by atoms with Crippen LogP contribution in [0.2, 0.25) is 0 Å². The molecule has 0 aliphatic heterocycles. The number of hydrogen-bond acceptors (Lipinski definition) is 4. The third-order valence-corrected chi connectivity index (χ3v) is 2.59. The van der Waals surface area contributed by atoms with Crippen molar-refractivity contribution in [2.24, 2.45) is 5.16 Å².